The molecular weight excluding hydrogens is 260 g/mol. The van der Waals surface area contributed by atoms with Crippen molar-refractivity contribution in [1.29, 1.82) is 0 Å². The molecule has 0 saturated heterocycles. The lowest BCUT2D eigenvalue weighted by Gasteiger charge is -2.15. The van der Waals surface area contributed by atoms with Gasteiger partial charge in [-0.2, -0.15) is 0 Å². The molecule has 2 N–H and O–H groups in total. The number of pyridine rings is 1. The molecule has 1 aliphatic carbocycles. The normalized spacial score (nSPS) is 15.0. The van der Waals surface area contributed by atoms with E-state index in [-0.39, 0.29) is 6.04 Å². The fourth-order valence-corrected chi connectivity index (χ4v) is 2.78. The summed E-state index contributed by atoms with van der Waals surface area (Å²) in [6.45, 7) is 5.05. The summed E-state index contributed by atoms with van der Waals surface area (Å²) < 4.78 is 0. The number of hydrogen-bond donors (Lipinski definition) is 2. The van der Waals surface area contributed by atoms with Gasteiger partial charge in [0.05, 0.1) is 22.9 Å². The molecule has 2 aromatic heterocycles. The monoisotopic (exact) mass is 282 g/mol. The van der Waals surface area contributed by atoms with Crippen LogP contribution in [0.1, 0.15) is 49.8 Å². The van der Waals surface area contributed by atoms with Crippen molar-refractivity contribution in [1.82, 2.24) is 20.3 Å². The molecule has 0 fully saturated rings. The van der Waals surface area contributed by atoms with Crippen molar-refractivity contribution in [2.45, 2.75) is 45.7 Å². The summed E-state index contributed by atoms with van der Waals surface area (Å²) in [4.78, 5) is 12.5. The van der Waals surface area contributed by atoms with Crippen LogP contribution >= 0.6 is 0 Å². The van der Waals surface area contributed by atoms with Gasteiger partial charge in [0.2, 0.25) is 0 Å². The lowest BCUT2D eigenvalue weighted by molar-refractivity contribution is 0.545. The Morgan fingerprint density at radius 2 is 2.19 bits per heavy atom. The third-order valence-electron chi connectivity index (χ3n) is 3.96. The number of aromatic nitrogens is 3. The number of aryl methyl sites for hydroxylation is 1. The Kier molecular flexibility index (Phi) is 4.15. The Bertz CT molecular complexity index is 696. The van der Waals surface area contributed by atoms with Gasteiger partial charge in [0.1, 0.15) is 5.82 Å². The number of fused-ring (bicyclic) bond motifs is 1. The minimum absolute atomic E-state index is 0.219. The summed E-state index contributed by atoms with van der Waals surface area (Å²) in [5, 5.41) is 5.77. The number of aromatic amines is 1. The van der Waals surface area contributed by atoms with Gasteiger partial charge >= 0.3 is 0 Å². The Hall–Kier alpha value is -1.94. The highest BCUT2D eigenvalue weighted by Crippen LogP contribution is 2.15. The highest BCUT2D eigenvalue weighted by Gasteiger charge is 2.11. The first-order valence-electron chi connectivity index (χ1n) is 7.70. The van der Waals surface area contributed by atoms with Gasteiger partial charge in [0.15, 0.2) is 0 Å². The van der Waals surface area contributed by atoms with E-state index in [1.165, 1.54) is 5.56 Å². The summed E-state index contributed by atoms with van der Waals surface area (Å²) in [5.74, 6) is 0.996. The molecule has 3 rings (SSSR count). The van der Waals surface area contributed by atoms with Crippen molar-refractivity contribution in [2.75, 3.05) is 0 Å². The molecule has 2 heterocycles. The topological polar surface area (TPSA) is 53.6 Å². The number of nitrogens with zero attached hydrogens (tertiary/aromatic N) is 2. The van der Waals surface area contributed by atoms with Gasteiger partial charge in [-0.15, -0.1) is 0 Å². The Morgan fingerprint density at radius 3 is 3.00 bits per heavy atom. The third-order valence-corrected chi connectivity index (χ3v) is 3.96. The van der Waals surface area contributed by atoms with E-state index in [4.69, 9.17) is 0 Å². The van der Waals surface area contributed by atoms with E-state index < -0.39 is 0 Å². The first-order valence-corrected chi connectivity index (χ1v) is 7.70. The minimum atomic E-state index is 0.219. The first kappa shape index (κ1) is 14.0. The van der Waals surface area contributed by atoms with Crippen LogP contribution in [0.3, 0.4) is 0 Å². The Balaban J connectivity index is 1.71. The Morgan fingerprint density at radius 1 is 1.33 bits per heavy atom. The van der Waals surface area contributed by atoms with Crippen molar-refractivity contribution in [3.8, 4) is 0 Å². The molecular formula is C17H22N4. The van der Waals surface area contributed by atoms with Gasteiger partial charge in [-0.05, 0) is 37.8 Å². The molecule has 1 unspecified atom stereocenters. The second kappa shape index (κ2) is 6.22. The van der Waals surface area contributed by atoms with E-state index in [0.29, 0.717) is 0 Å². The molecule has 0 saturated carbocycles. The molecule has 0 bridgehead atoms. The maximum Gasteiger partial charge on any atom is 0.121 e. The zero-order valence-corrected chi connectivity index (χ0v) is 12.7. The largest absolute Gasteiger partial charge is 0.341 e. The maximum atomic E-state index is 4.63. The zero-order valence-electron chi connectivity index (χ0n) is 12.7. The van der Waals surface area contributed by atoms with Gasteiger partial charge < -0.3 is 10.3 Å². The van der Waals surface area contributed by atoms with E-state index in [0.717, 1.165) is 48.0 Å². The van der Waals surface area contributed by atoms with Crippen LogP contribution in [0.15, 0.2) is 18.3 Å². The fraction of sp³-hybridized carbons (Fsp3) is 0.412. The van der Waals surface area contributed by atoms with Crippen LogP contribution in [0.2, 0.25) is 0 Å². The van der Waals surface area contributed by atoms with Gasteiger partial charge in [-0.25, -0.2) is 4.98 Å². The van der Waals surface area contributed by atoms with Crippen molar-refractivity contribution in [3.63, 3.8) is 0 Å². The van der Waals surface area contributed by atoms with Gasteiger partial charge in [-0.3, -0.25) is 4.98 Å². The summed E-state index contributed by atoms with van der Waals surface area (Å²) >= 11 is 0. The molecule has 0 amide bonds. The fourth-order valence-electron chi connectivity index (χ4n) is 2.78. The van der Waals surface area contributed by atoms with E-state index in [9.17, 15) is 0 Å². The lowest BCUT2D eigenvalue weighted by atomic mass is 10.1. The number of nitrogens with one attached hydrogen (secondary N) is 2. The number of hydrogen-bond acceptors (Lipinski definition) is 3. The highest BCUT2D eigenvalue weighted by molar-refractivity contribution is 5.33. The van der Waals surface area contributed by atoms with Crippen LogP contribution in [-0.4, -0.2) is 15.0 Å². The second-order valence-corrected chi connectivity index (χ2v) is 5.47. The standard InChI is InChI=1S/C17H22N4/c1-3-13-7-6-10-18-17(13)12(2)19-11-16-20-14-8-4-5-9-15(14)21-16/h6-10,12,19H,3-5,11H2,1-2H3,(H,20,21). The summed E-state index contributed by atoms with van der Waals surface area (Å²) in [5.41, 5.74) is 2.44. The van der Waals surface area contributed by atoms with Crippen molar-refractivity contribution in [2.24, 2.45) is 0 Å². The molecule has 2 aromatic rings. The molecule has 4 heteroatoms. The lowest BCUT2D eigenvalue weighted by Crippen LogP contribution is -2.26. The SMILES string of the molecule is CCc1cccnc1C(C)NCc1nc2c([nH]1)=CCCC=2. The molecule has 0 spiro atoms. The molecule has 0 radical (unpaired) electrons. The van der Waals surface area contributed by atoms with Crippen LogP contribution in [0.5, 0.6) is 0 Å². The smallest absolute Gasteiger partial charge is 0.121 e. The van der Waals surface area contributed by atoms with Crippen LogP contribution in [0.25, 0.3) is 12.2 Å². The minimum Gasteiger partial charge on any atom is -0.341 e. The van der Waals surface area contributed by atoms with Crippen molar-refractivity contribution < 1.29 is 0 Å². The summed E-state index contributed by atoms with van der Waals surface area (Å²) in [6.07, 6.45) is 9.49. The van der Waals surface area contributed by atoms with E-state index >= 15 is 0 Å². The van der Waals surface area contributed by atoms with Crippen LogP contribution in [0, 0.1) is 0 Å². The molecule has 0 aromatic carbocycles. The quantitative estimate of drug-likeness (QED) is 0.875. The van der Waals surface area contributed by atoms with Gasteiger partial charge in [0.25, 0.3) is 0 Å². The molecule has 110 valence electrons. The summed E-state index contributed by atoms with van der Waals surface area (Å²) in [6, 6.07) is 4.37. The molecule has 0 aliphatic heterocycles. The Labute approximate surface area is 125 Å². The van der Waals surface area contributed by atoms with Crippen LogP contribution in [-0.2, 0) is 13.0 Å². The van der Waals surface area contributed by atoms with Crippen LogP contribution in [0.4, 0.5) is 0 Å². The second-order valence-electron chi connectivity index (χ2n) is 5.47. The number of H-pyrrole nitrogens is 1. The van der Waals surface area contributed by atoms with E-state index in [1.54, 1.807) is 0 Å². The highest BCUT2D eigenvalue weighted by atomic mass is 15.0. The predicted octanol–water partition coefficient (Wildman–Crippen LogP) is 1.57. The van der Waals surface area contributed by atoms with E-state index in [1.807, 2.05) is 12.3 Å². The first-order chi connectivity index (χ1) is 10.3. The van der Waals surface area contributed by atoms with Crippen molar-refractivity contribution in [3.05, 3.63) is 46.1 Å². The molecule has 21 heavy (non-hydrogen) atoms. The number of rotatable bonds is 5. The zero-order chi connectivity index (χ0) is 14.7. The van der Waals surface area contributed by atoms with Crippen LogP contribution < -0.4 is 16.0 Å². The number of imidazole rings is 1. The predicted molar refractivity (Wildman–Crippen MR) is 84.9 cm³/mol. The maximum absolute atomic E-state index is 4.63. The molecule has 1 atom stereocenters. The average Bonchev–Trinajstić information content (AvgIpc) is 2.95. The van der Waals surface area contributed by atoms with Gasteiger partial charge in [0, 0.05) is 12.2 Å². The van der Waals surface area contributed by atoms with E-state index in [2.05, 4.69) is 52.3 Å². The third kappa shape index (κ3) is 3.05. The average molecular weight is 282 g/mol. The van der Waals surface area contributed by atoms with Gasteiger partial charge in [-0.1, -0.05) is 25.1 Å². The molecule has 4 nitrogen and oxygen atoms in total. The molecule has 1 aliphatic rings. The van der Waals surface area contributed by atoms with Crippen molar-refractivity contribution >= 4 is 12.2 Å². The summed E-state index contributed by atoms with van der Waals surface area (Å²) in [7, 11) is 0.